The fraction of sp³-hybridized carbons (Fsp3) is 0.423. The number of likely N-dealkylation sites (tertiary alicyclic amines) is 1. The van der Waals surface area contributed by atoms with Crippen molar-refractivity contribution in [2.75, 3.05) is 33.4 Å². The van der Waals surface area contributed by atoms with Crippen molar-refractivity contribution in [1.82, 2.24) is 15.1 Å². The largest absolute Gasteiger partial charge is 0.497 e. The Hall–Kier alpha value is -3.46. The minimum absolute atomic E-state index is 0.0110. The number of amides is 3. The number of hydrogen-bond donors (Lipinski definition) is 1. The normalized spacial score (nSPS) is 19.0. The lowest BCUT2D eigenvalue weighted by Crippen LogP contribution is -2.59. The molecule has 2 aliphatic rings. The van der Waals surface area contributed by atoms with Crippen LogP contribution in [-0.4, -0.2) is 72.6 Å². The van der Waals surface area contributed by atoms with Gasteiger partial charge in [-0.25, -0.2) is 4.39 Å². The van der Waals surface area contributed by atoms with Crippen LogP contribution in [0.15, 0.2) is 48.5 Å². The van der Waals surface area contributed by atoms with E-state index in [0.29, 0.717) is 30.7 Å². The molecule has 1 atom stereocenters. The topological polar surface area (TPSA) is 88.2 Å². The van der Waals surface area contributed by atoms with Crippen LogP contribution in [0.2, 0.25) is 0 Å². The predicted molar refractivity (Wildman–Crippen MR) is 126 cm³/mol. The van der Waals surface area contributed by atoms with Gasteiger partial charge in [-0.2, -0.15) is 0 Å². The van der Waals surface area contributed by atoms with Crippen molar-refractivity contribution in [3.63, 3.8) is 0 Å². The van der Waals surface area contributed by atoms with Gasteiger partial charge in [0, 0.05) is 38.0 Å². The molecule has 9 heteroatoms. The summed E-state index contributed by atoms with van der Waals surface area (Å²) in [6, 6.07) is 11.8. The molecule has 0 saturated carbocycles. The van der Waals surface area contributed by atoms with Crippen LogP contribution in [0, 0.1) is 5.82 Å². The van der Waals surface area contributed by atoms with Crippen molar-refractivity contribution in [2.24, 2.45) is 0 Å². The Morgan fingerprint density at radius 2 is 1.86 bits per heavy atom. The summed E-state index contributed by atoms with van der Waals surface area (Å²) < 4.78 is 25.6. The van der Waals surface area contributed by atoms with Crippen LogP contribution in [0.5, 0.6) is 5.75 Å². The van der Waals surface area contributed by atoms with Gasteiger partial charge in [-0.15, -0.1) is 0 Å². The van der Waals surface area contributed by atoms with Gasteiger partial charge in [-0.05, 0) is 36.8 Å². The molecule has 1 spiro atoms. The van der Waals surface area contributed by atoms with Crippen molar-refractivity contribution < 1.29 is 28.2 Å². The standard InChI is InChI=1S/C26H30FN3O5/c1-3-13-28-23(31)22-17-35-26(30(22)24(32)18-7-6-8-19(16-18)34-2)11-14-29(15-12-26)25(33)20-9-4-5-10-21(20)27/h4-10,16,22H,3,11-15,17H2,1-2H3,(H,28,31). The van der Waals surface area contributed by atoms with Crippen LogP contribution < -0.4 is 10.1 Å². The second-order valence-corrected chi connectivity index (χ2v) is 8.74. The third kappa shape index (κ3) is 4.86. The molecule has 2 saturated heterocycles. The fourth-order valence-corrected chi connectivity index (χ4v) is 4.69. The Balaban J connectivity index is 1.59. The molecule has 1 N–H and O–H groups in total. The number of nitrogens with zero attached hydrogens (tertiary/aromatic N) is 2. The number of nitrogens with one attached hydrogen (secondary N) is 1. The highest BCUT2D eigenvalue weighted by molar-refractivity contribution is 5.99. The molecular weight excluding hydrogens is 453 g/mol. The monoisotopic (exact) mass is 483 g/mol. The summed E-state index contributed by atoms with van der Waals surface area (Å²) in [6.45, 7) is 3.03. The summed E-state index contributed by atoms with van der Waals surface area (Å²) >= 11 is 0. The molecule has 0 aromatic heterocycles. The third-order valence-electron chi connectivity index (χ3n) is 6.58. The third-order valence-corrected chi connectivity index (χ3v) is 6.58. The highest BCUT2D eigenvalue weighted by atomic mass is 19.1. The van der Waals surface area contributed by atoms with Crippen LogP contribution >= 0.6 is 0 Å². The number of benzene rings is 2. The molecule has 0 radical (unpaired) electrons. The second-order valence-electron chi connectivity index (χ2n) is 8.74. The van der Waals surface area contributed by atoms with Crippen LogP contribution in [0.1, 0.15) is 46.9 Å². The molecule has 35 heavy (non-hydrogen) atoms. The van der Waals surface area contributed by atoms with E-state index in [-0.39, 0.29) is 37.1 Å². The van der Waals surface area contributed by atoms with Crippen molar-refractivity contribution in [2.45, 2.75) is 38.0 Å². The van der Waals surface area contributed by atoms with E-state index >= 15 is 0 Å². The Bertz CT molecular complexity index is 1100. The maximum absolute atomic E-state index is 14.2. The first-order chi connectivity index (χ1) is 16.9. The van der Waals surface area contributed by atoms with Gasteiger partial charge in [0.25, 0.3) is 11.8 Å². The molecule has 8 nitrogen and oxygen atoms in total. The zero-order valence-corrected chi connectivity index (χ0v) is 20.0. The predicted octanol–water partition coefficient (Wildman–Crippen LogP) is 2.83. The van der Waals surface area contributed by atoms with Crippen molar-refractivity contribution in [1.29, 1.82) is 0 Å². The van der Waals surface area contributed by atoms with E-state index in [1.54, 1.807) is 35.2 Å². The zero-order chi connectivity index (χ0) is 25.0. The maximum atomic E-state index is 14.2. The lowest BCUT2D eigenvalue weighted by molar-refractivity contribution is -0.128. The molecule has 2 aliphatic heterocycles. The lowest BCUT2D eigenvalue weighted by Gasteiger charge is -2.44. The van der Waals surface area contributed by atoms with E-state index in [0.717, 1.165) is 6.42 Å². The quantitative estimate of drug-likeness (QED) is 0.683. The van der Waals surface area contributed by atoms with Gasteiger partial charge in [-0.1, -0.05) is 25.1 Å². The van der Waals surface area contributed by atoms with Crippen LogP contribution in [0.4, 0.5) is 4.39 Å². The molecule has 2 aromatic rings. The van der Waals surface area contributed by atoms with Crippen LogP contribution in [-0.2, 0) is 9.53 Å². The first-order valence-corrected chi connectivity index (χ1v) is 11.8. The minimum atomic E-state index is -1.04. The van der Waals surface area contributed by atoms with E-state index in [2.05, 4.69) is 5.32 Å². The number of piperidine rings is 1. The fourth-order valence-electron chi connectivity index (χ4n) is 4.69. The molecule has 1 unspecified atom stereocenters. The Labute approximate surface area is 204 Å². The second kappa shape index (κ2) is 10.4. The first kappa shape index (κ1) is 24.7. The summed E-state index contributed by atoms with van der Waals surface area (Å²) in [5.41, 5.74) is -0.648. The SMILES string of the molecule is CCCNC(=O)C1COC2(CCN(C(=O)c3ccccc3F)CC2)N1C(=O)c1cccc(OC)c1. The number of ether oxygens (including phenoxy) is 2. The van der Waals surface area contributed by atoms with Gasteiger partial charge in [0.1, 0.15) is 23.3 Å². The molecule has 2 fully saturated rings. The van der Waals surface area contributed by atoms with Crippen LogP contribution in [0.25, 0.3) is 0 Å². The van der Waals surface area contributed by atoms with Crippen LogP contribution in [0.3, 0.4) is 0 Å². The summed E-state index contributed by atoms with van der Waals surface area (Å²) in [5.74, 6) is -1.06. The van der Waals surface area contributed by atoms with Crippen molar-refractivity contribution in [3.05, 3.63) is 65.5 Å². The molecule has 186 valence electrons. The van der Waals surface area contributed by atoms with Crippen molar-refractivity contribution in [3.8, 4) is 5.75 Å². The van der Waals surface area contributed by atoms with E-state index < -0.39 is 23.5 Å². The number of methoxy groups -OCH3 is 1. The molecular formula is C26H30FN3O5. The van der Waals surface area contributed by atoms with Crippen molar-refractivity contribution >= 4 is 17.7 Å². The minimum Gasteiger partial charge on any atom is -0.497 e. The highest BCUT2D eigenvalue weighted by Crippen LogP contribution is 2.39. The van der Waals surface area contributed by atoms with E-state index in [1.807, 2.05) is 6.92 Å². The number of hydrogen-bond acceptors (Lipinski definition) is 5. The molecule has 3 amide bonds. The molecule has 2 heterocycles. The van der Waals surface area contributed by atoms with Gasteiger partial charge >= 0.3 is 0 Å². The van der Waals surface area contributed by atoms with Gasteiger partial charge in [0.05, 0.1) is 19.3 Å². The van der Waals surface area contributed by atoms with E-state index in [9.17, 15) is 18.8 Å². The number of rotatable bonds is 6. The average Bonchev–Trinajstić information content (AvgIpc) is 3.25. The first-order valence-electron chi connectivity index (χ1n) is 11.8. The lowest BCUT2D eigenvalue weighted by atomic mass is 9.96. The Morgan fingerprint density at radius 3 is 2.54 bits per heavy atom. The number of carbonyl (C=O) groups excluding carboxylic acids is 3. The Morgan fingerprint density at radius 1 is 1.11 bits per heavy atom. The number of halogens is 1. The molecule has 0 bridgehead atoms. The van der Waals surface area contributed by atoms with Gasteiger partial charge in [-0.3, -0.25) is 19.3 Å². The average molecular weight is 484 g/mol. The summed E-state index contributed by atoms with van der Waals surface area (Å²) in [5, 5.41) is 2.87. The molecule has 0 aliphatic carbocycles. The Kier molecular flexibility index (Phi) is 7.35. The smallest absolute Gasteiger partial charge is 0.257 e. The van der Waals surface area contributed by atoms with E-state index in [1.165, 1.54) is 30.2 Å². The summed E-state index contributed by atoms with van der Waals surface area (Å²) in [7, 11) is 1.52. The molecule has 4 rings (SSSR count). The van der Waals surface area contributed by atoms with Gasteiger partial charge in [0.15, 0.2) is 0 Å². The zero-order valence-electron chi connectivity index (χ0n) is 20.0. The number of carbonyl (C=O) groups is 3. The maximum Gasteiger partial charge on any atom is 0.257 e. The summed E-state index contributed by atoms with van der Waals surface area (Å²) in [6.07, 6.45) is 1.38. The molecule has 2 aromatic carbocycles. The van der Waals surface area contributed by atoms with Gasteiger partial charge in [0.2, 0.25) is 5.91 Å². The highest BCUT2D eigenvalue weighted by Gasteiger charge is 2.54. The summed E-state index contributed by atoms with van der Waals surface area (Å²) in [4.78, 5) is 42.7. The van der Waals surface area contributed by atoms with Gasteiger partial charge < -0.3 is 19.7 Å². The van der Waals surface area contributed by atoms with E-state index in [4.69, 9.17) is 9.47 Å².